The minimum atomic E-state index is -1.10. The first-order valence-electron chi connectivity index (χ1n) is 11.0. The molecule has 2 amide bonds. The van der Waals surface area contributed by atoms with E-state index in [4.69, 9.17) is 4.74 Å². The standard InChI is InChI=1S/C27H24FN3O3S/c1-34-21-10-8-19(9-11-21)18-30-27(33)26(20-12-14-29-15-13-20)31(24-7-3-2-6-23(24)28)25(32)17-22-5-4-16-35-22/h2-16,26H,17-18H2,1H3,(H,30,33)/t26-/m1/s1. The van der Waals surface area contributed by atoms with Crippen molar-refractivity contribution in [2.45, 2.75) is 19.0 Å². The predicted molar refractivity (Wildman–Crippen MR) is 134 cm³/mol. The van der Waals surface area contributed by atoms with Gasteiger partial charge in [0.05, 0.1) is 19.2 Å². The molecule has 0 aliphatic carbocycles. The second-order valence-corrected chi connectivity index (χ2v) is 8.75. The molecule has 0 fully saturated rings. The van der Waals surface area contributed by atoms with Gasteiger partial charge in [0.1, 0.15) is 17.6 Å². The second kappa shape index (κ2) is 11.4. The van der Waals surface area contributed by atoms with E-state index >= 15 is 0 Å². The summed E-state index contributed by atoms with van der Waals surface area (Å²) in [6.07, 6.45) is 3.13. The molecule has 8 heteroatoms. The Morgan fingerprint density at radius 2 is 1.77 bits per heavy atom. The summed E-state index contributed by atoms with van der Waals surface area (Å²) in [6.45, 7) is 0.231. The van der Waals surface area contributed by atoms with Crippen molar-refractivity contribution in [2.24, 2.45) is 0 Å². The number of carbonyl (C=O) groups is 2. The Hall–Kier alpha value is -4.04. The van der Waals surface area contributed by atoms with Gasteiger partial charge in [-0.25, -0.2) is 4.39 Å². The van der Waals surface area contributed by atoms with Crippen LogP contribution in [0, 0.1) is 5.82 Å². The number of nitrogens with zero attached hydrogens (tertiary/aromatic N) is 2. The third-order valence-electron chi connectivity index (χ3n) is 5.44. The minimum absolute atomic E-state index is 0.0375. The molecule has 35 heavy (non-hydrogen) atoms. The third-order valence-corrected chi connectivity index (χ3v) is 6.32. The van der Waals surface area contributed by atoms with Crippen LogP contribution < -0.4 is 15.0 Å². The van der Waals surface area contributed by atoms with Crippen molar-refractivity contribution < 1.29 is 18.7 Å². The van der Waals surface area contributed by atoms with Gasteiger partial charge in [-0.15, -0.1) is 11.3 Å². The number of ether oxygens (including phenoxy) is 1. The van der Waals surface area contributed by atoms with Gasteiger partial charge in [-0.05, 0) is 59.0 Å². The number of nitrogens with one attached hydrogen (secondary N) is 1. The molecule has 0 radical (unpaired) electrons. The van der Waals surface area contributed by atoms with Crippen LogP contribution in [0.2, 0.25) is 0 Å². The normalized spacial score (nSPS) is 11.5. The van der Waals surface area contributed by atoms with Crippen LogP contribution in [0.25, 0.3) is 0 Å². The highest BCUT2D eigenvalue weighted by Gasteiger charge is 2.34. The van der Waals surface area contributed by atoms with Crippen LogP contribution in [-0.4, -0.2) is 23.9 Å². The van der Waals surface area contributed by atoms with Crippen LogP contribution >= 0.6 is 11.3 Å². The fourth-order valence-corrected chi connectivity index (χ4v) is 4.40. The smallest absolute Gasteiger partial charge is 0.248 e. The molecule has 2 aromatic carbocycles. The van der Waals surface area contributed by atoms with E-state index in [-0.39, 0.29) is 24.6 Å². The third kappa shape index (κ3) is 5.91. The molecule has 0 saturated carbocycles. The largest absolute Gasteiger partial charge is 0.497 e. The Labute approximate surface area is 207 Å². The molecule has 0 saturated heterocycles. The second-order valence-electron chi connectivity index (χ2n) is 7.72. The first kappa shape index (κ1) is 24.1. The molecule has 0 aliphatic rings. The summed E-state index contributed by atoms with van der Waals surface area (Å²) in [4.78, 5) is 33.3. The number of hydrogen-bond acceptors (Lipinski definition) is 5. The van der Waals surface area contributed by atoms with Gasteiger partial charge in [0, 0.05) is 23.8 Å². The molecule has 178 valence electrons. The lowest BCUT2D eigenvalue weighted by molar-refractivity contribution is -0.126. The molecule has 4 rings (SSSR count). The van der Waals surface area contributed by atoms with Crippen molar-refractivity contribution in [3.8, 4) is 5.75 Å². The first-order chi connectivity index (χ1) is 17.1. The number of aromatic nitrogens is 1. The number of methoxy groups -OCH3 is 1. The minimum Gasteiger partial charge on any atom is -0.497 e. The van der Waals surface area contributed by atoms with Crippen LogP contribution in [0.1, 0.15) is 22.0 Å². The zero-order valence-electron chi connectivity index (χ0n) is 19.1. The summed E-state index contributed by atoms with van der Waals surface area (Å²) in [5.74, 6) is -0.706. The van der Waals surface area contributed by atoms with Gasteiger partial charge in [-0.2, -0.15) is 0 Å². The van der Waals surface area contributed by atoms with Crippen LogP contribution in [0.4, 0.5) is 10.1 Å². The summed E-state index contributed by atoms with van der Waals surface area (Å²) >= 11 is 1.43. The summed E-state index contributed by atoms with van der Waals surface area (Å²) in [6, 6.07) is 19.2. The van der Waals surface area contributed by atoms with Gasteiger partial charge in [0.2, 0.25) is 11.8 Å². The van der Waals surface area contributed by atoms with E-state index in [0.717, 1.165) is 10.4 Å². The van der Waals surface area contributed by atoms with Crippen molar-refractivity contribution in [1.29, 1.82) is 0 Å². The molecule has 2 heterocycles. The van der Waals surface area contributed by atoms with Crippen molar-refractivity contribution in [1.82, 2.24) is 10.3 Å². The summed E-state index contributed by atoms with van der Waals surface area (Å²) < 4.78 is 20.2. The van der Waals surface area contributed by atoms with E-state index in [9.17, 15) is 14.0 Å². The molecule has 4 aromatic rings. The quantitative estimate of drug-likeness (QED) is 0.362. The number of anilines is 1. The summed E-state index contributed by atoms with van der Waals surface area (Å²) in [5.41, 5.74) is 1.42. The highest BCUT2D eigenvalue weighted by molar-refractivity contribution is 7.10. The van der Waals surface area contributed by atoms with E-state index in [1.165, 1.54) is 28.4 Å². The van der Waals surface area contributed by atoms with E-state index in [0.29, 0.717) is 11.3 Å². The fraction of sp³-hybridized carbons (Fsp3) is 0.148. The van der Waals surface area contributed by atoms with Gasteiger partial charge in [0.25, 0.3) is 0 Å². The Balaban J connectivity index is 1.69. The molecule has 1 N–H and O–H groups in total. The molecule has 2 aromatic heterocycles. The average molecular weight is 490 g/mol. The average Bonchev–Trinajstić information content (AvgIpc) is 3.40. The topological polar surface area (TPSA) is 71.5 Å². The van der Waals surface area contributed by atoms with Crippen LogP contribution in [-0.2, 0) is 22.6 Å². The number of carbonyl (C=O) groups excluding carboxylic acids is 2. The Bertz CT molecular complexity index is 1260. The number of amides is 2. The van der Waals surface area contributed by atoms with Crippen molar-refractivity contribution in [2.75, 3.05) is 12.0 Å². The highest BCUT2D eigenvalue weighted by atomic mass is 32.1. The highest BCUT2D eigenvalue weighted by Crippen LogP contribution is 2.31. The molecule has 0 spiro atoms. The number of hydrogen-bond donors (Lipinski definition) is 1. The molecular weight excluding hydrogens is 465 g/mol. The molecule has 0 unspecified atom stereocenters. The maximum absolute atomic E-state index is 15.0. The molecular formula is C27H24FN3O3S. The van der Waals surface area contributed by atoms with Crippen molar-refractivity contribution >= 4 is 28.8 Å². The van der Waals surface area contributed by atoms with E-state index in [2.05, 4.69) is 10.3 Å². The summed E-state index contributed by atoms with van der Waals surface area (Å²) in [7, 11) is 1.58. The van der Waals surface area contributed by atoms with Crippen LogP contribution in [0.15, 0.2) is 90.6 Å². The number of thiophene rings is 1. The SMILES string of the molecule is COc1ccc(CNC(=O)[C@@H](c2ccncc2)N(C(=O)Cc2cccs2)c2ccccc2F)cc1. The fourth-order valence-electron chi connectivity index (χ4n) is 3.70. The number of pyridine rings is 1. The lowest BCUT2D eigenvalue weighted by atomic mass is 10.0. The number of benzene rings is 2. The van der Waals surface area contributed by atoms with Crippen LogP contribution in [0.5, 0.6) is 5.75 Å². The molecule has 0 bridgehead atoms. The monoisotopic (exact) mass is 489 g/mol. The molecule has 6 nitrogen and oxygen atoms in total. The first-order valence-corrected chi connectivity index (χ1v) is 11.8. The number of halogens is 1. The Morgan fingerprint density at radius 1 is 1.03 bits per heavy atom. The maximum Gasteiger partial charge on any atom is 0.248 e. The number of para-hydroxylation sites is 1. The van der Waals surface area contributed by atoms with Gasteiger partial charge >= 0.3 is 0 Å². The van der Waals surface area contributed by atoms with Gasteiger partial charge in [-0.1, -0.05) is 30.3 Å². The molecule has 1 atom stereocenters. The summed E-state index contributed by atoms with van der Waals surface area (Å²) in [5, 5.41) is 4.78. The zero-order valence-corrected chi connectivity index (χ0v) is 19.9. The Kier molecular flexibility index (Phi) is 7.84. The van der Waals surface area contributed by atoms with Gasteiger partial charge in [-0.3, -0.25) is 19.5 Å². The zero-order chi connectivity index (χ0) is 24.6. The van der Waals surface area contributed by atoms with Crippen LogP contribution in [0.3, 0.4) is 0 Å². The number of rotatable bonds is 9. The van der Waals surface area contributed by atoms with Crippen molar-refractivity contribution in [3.63, 3.8) is 0 Å². The van der Waals surface area contributed by atoms with Gasteiger partial charge in [0.15, 0.2) is 0 Å². The lowest BCUT2D eigenvalue weighted by Crippen LogP contribution is -2.44. The lowest BCUT2D eigenvalue weighted by Gasteiger charge is -2.31. The predicted octanol–water partition coefficient (Wildman–Crippen LogP) is 4.92. The molecule has 0 aliphatic heterocycles. The maximum atomic E-state index is 15.0. The van der Waals surface area contributed by atoms with E-state index in [1.54, 1.807) is 55.9 Å². The van der Waals surface area contributed by atoms with E-state index < -0.39 is 17.8 Å². The van der Waals surface area contributed by atoms with Gasteiger partial charge < -0.3 is 10.1 Å². The van der Waals surface area contributed by atoms with Crippen molar-refractivity contribution in [3.05, 3.63) is 112 Å². The van der Waals surface area contributed by atoms with E-state index in [1.807, 2.05) is 29.6 Å². The Morgan fingerprint density at radius 3 is 2.43 bits per heavy atom.